The minimum absolute atomic E-state index is 0.0368. The van der Waals surface area contributed by atoms with Crippen LogP contribution in [0.4, 0.5) is 0 Å². The number of aromatic nitrogens is 7. The van der Waals surface area contributed by atoms with Gasteiger partial charge < -0.3 is 0 Å². The average molecular weight is 842 g/mol. The molecule has 0 bridgehead atoms. The summed E-state index contributed by atoms with van der Waals surface area (Å²) >= 11 is 0. The van der Waals surface area contributed by atoms with Crippen LogP contribution in [-0.4, -0.2) is 34.9 Å². The first-order chi connectivity index (χ1) is 30.2. The molecule has 8 aromatic rings. The normalized spacial score (nSPS) is 12.4. The van der Waals surface area contributed by atoms with Gasteiger partial charge in [-0.05, 0) is 56.0 Å². The number of rotatable bonds is 7. The number of benzene rings is 5. The molecule has 64 heavy (non-hydrogen) atoms. The zero-order valence-corrected chi connectivity index (χ0v) is 39.4. The monoisotopic (exact) mass is 841 g/mol. The molecule has 0 aliphatic heterocycles. The predicted molar refractivity (Wildman–Crippen MR) is 264 cm³/mol. The van der Waals surface area contributed by atoms with E-state index in [9.17, 15) is 0 Å². The lowest BCUT2D eigenvalue weighted by Gasteiger charge is -2.19. The third-order valence-electron chi connectivity index (χ3n) is 11.8. The number of hydrogen-bond donors (Lipinski definition) is 0. The lowest BCUT2D eigenvalue weighted by atomic mass is 9.86. The molecule has 0 radical (unpaired) electrons. The fraction of sp³-hybridized carbons (Fsp3) is 0.281. The van der Waals surface area contributed by atoms with Crippen LogP contribution in [0.15, 0.2) is 140 Å². The maximum Gasteiger partial charge on any atom is 0.165 e. The molecule has 0 saturated carbocycles. The summed E-state index contributed by atoms with van der Waals surface area (Å²) in [6, 6.07) is 46.4. The summed E-state index contributed by atoms with van der Waals surface area (Å²) in [5, 5.41) is 0. The molecule has 0 aliphatic rings. The SMILES string of the molecule is CC(C)(C)c1ccc(-c2nc(-c3ccc(-c4ccc(-c5nc(-c6ccc(C(C)(C)C)cc6)nc(-c6ccc(C(C)(C)C)cc6)n5)cn4)cc3)nc(-c3ccc(C(C)(C)C)cc3)n2)cc1. The van der Waals surface area contributed by atoms with Gasteiger partial charge in [-0.3, -0.25) is 4.98 Å². The fourth-order valence-corrected chi connectivity index (χ4v) is 7.49. The van der Waals surface area contributed by atoms with E-state index in [4.69, 9.17) is 34.9 Å². The number of hydrogen-bond acceptors (Lipinski definition) is 7. The molecule has 3 aromatic heterocycles. The zero-order chi connectivity index (χ0) is 45.6. The molecule has 0 aliphatic carbocycles. The smallest absolute Gasteiger partial charge is 0.165 e. The van der Waals surface area contributed by atoms with Crippen molar-refractivity contribution in [3.05, 3.63) is 162 Å². The molecule has 3 heterocycles. The van der Waals surface area contributed by atoms with Gasteiger partial charge in [-0.1, -0.05) is 204 Å². The van der Waals surface area contributed by atoms with E-state index in [0.717, 1.165) is 44.6 Å². The van der Waals surface area contributed by atoms with Crippen LogP contribution >= 0.6 is 0 Å². The van der Waals surface area contributed by atoms with Crippen LogP contribution in [0, 0.1) is 0 Å². The Hall–Kier alpha value is -6.73. The van der Waals surface area contributed by atoms with E-state index in [0.29, 0.717) is 34.9 Å². The summed E-state index contributed by atoms with van der Waals surface area (Å²) in [6.07, 6.45) is 1.85. The second-order valence-corrected chi connectivity index (χ2v) is 20.9. The van der Waals surface area contributed by atoms with Crippen LogP contribution in [0.5, 0.6) is 0 Å². The molecule has 0 fully saturated rings. The molecule has 8 rings (SSSR count). The van der Waals surface area contributed by atoms with Gasteiger partial charge in [0.2, 0.25) is 0 Å². The van der Waals surface area contributed by atoms with Crippen molar-refractivity contribution in [1.29, 1.82) is 0 Å². The lowest BCUT2D eigenvalue weighted by molar-refractivity contribution is 0.590. The molecule has 0 spiro atoms. The van der Waals surface area contributed by atoms with Gasteiger partial charge in [0, 0.05) is 45.1 Å². The van der Waals surface area contributed by atoms with E-state index in [-0.39, 0.29) is 21.7 Å². The maximum absolute atomic E-state index is 5.03. The highest BCUT2D eigenvalue weighted by Crippen LogP contribution is 2.33. The molecular weight excluding hydrogens is 783 g/mol. The Labute approximate surface area is 379 Å². The van der Waals surface area contributed by atoms with Gasteiger partial charge in [-0.25, -0.2) is 29.9 Å². The second kappa shape index (κ2) is 16.8. The fourth-order valence-electron chi connectivity index (χ4n) is 7.49. The Morgan fingerprint density at radius 3 is 0.656 bits per heavy atom. The lowest BCUT2D eigenvalue weighted by Crippen LogP contribution is -2.11. The Morgan fingerprint density at radius 2 is 0.438 bits per heavy atom. The maximum atomic E-state index is 5.03. The van der Waals surface area contributed by atoms with Gasteiger partial charge >= 0.3 is 0 Å². The molecule has 322 valence electrons. The molecule has 7 heteroatoms. The van der Waals surface area contributed by atoms with E-state index in [2.05, 4.69) is 204 Å². The Balaban J connectivity index is 1.12. The van der Waals surface area contributed by atoms with E-state index < -0.39 is 0 Å². The van der Waals surface area contributed by atoms with Crippen molar-refractivity contribution in [2.24, 2.45) is 0 Å². The van der Waals surface area contributed by atoms with E-state index in [1.165, 1.54) is 22.3 Å². The minimum Gasteiger partial charge on any atom is -0.255 e. The largest absolute Gasteiger partial charge is 0.255 e. The van der Waals surface area contributed by atoms with Crippen LogP contribution in [-0.2, 0) is 21.7 Å². The van der Waals surface area contributed by atoms with Gasteiger partial charge in [0.15, 0.2) is 34.9 Å². The first-order valence-corrected chi connectivity index (χ1v) is 22.2. The van der Waals surface area contributed by atoms with Crippen LogP contribution in [0.3, 0.4) is 0 Å². The molecule has 0 unspecified atom stereocenters. The minimum atomic E-state index is 0.0368. The van der Waals surface area contributed by atoms with Gasteiger partial charge in [-0.15, -0.1) is 0 Å². The van der Waals surface area contributed by atoms with Crippen LogP contribution in [0.2, 0.25) is 0 Å². The van der Waals surface area contributed by atoms with Gasteiger partial charge in [0.25, 0.3) is 0 Å². The molecule has 0 atom stereocenters. The molecule has 0 saturated heterocycles. The van der Waals surface area contributed by atoms with Crippen molar-refractivity contribution < 1.29 is 0 Å². The van der Waals surface area contributed by atoms with Crippen molar-refractivity contribution in [2.75, 3.05) is 0 Å². The van der Waals surface area contributed by atoms with Crippen molar-refractivity contribution in [3.63, 3.8) is 0 Å². The molecule has 0 N–H and O–H groups in total. The number of pyridine rings is 1. The third kappa shape index (κ3) is 9.74. The second-order valence-electron chi connectivity index (χ2n) is 20.9. The summed E-state index contributed by atoms with van der Waals surface area (Å²) in [5.41, 5.74) is 12.4. The quantitative estimate of drug-likeness (QED) is 0.158. The van der Waals surface area contributed by atoms with Gasteiger partial charge in [0.05, 0.1) is 5.69 Å². The Kier molecular flexibility index (Phi) is 11.5. The number of nitrogens with zero attached hydrogens (tertiary/aromatic N) is 7. The summed E-state index contributed by atoms with van der Waals surface area (Å²) in [5.74, 6) is 3.68. The topological polar surface area (TPSA) is 90.2 Å². The predicted octanol–water partition coefficient (Wildman–Crippen LogP) is 14.3. The van der Waals surface area contributed by atoms with Crippen molar-refractivity contribution in [3.8, 4) is 79.6 Å². The van der Waals surface area contributed by atoms with E-state index in [1.54, 1.807) is 0 Å². The van der Waals surface area contributed by atoms with Crippen molar-refractivity contribution in [1.82, 2.24) is 34.9 Å². The van der Waals surface area contributed by atoms with E-state index >= 15 is 0 Å². The van der Waals surface area contributed by atoms with Crippen LogP contribution in [0.25, 0.3) is 79.6 Å². The van der Waals surface area contributed by atoms with Crippen molar-refractivity contribution in [2.45, 2.75) is 105 Å². The van der Waals surface area contributed by atoms with E-state index in [1.807, 2.05) is 18.3 Å². The molecular formula is C57H59N7. The summed E-state index contributed by atoms with van der Waals surface area (Å²) in [7, 11) is 0. The first-order valence-electron chi connectivity index (χ1n) is 22.2. The first kappa shape index (κ1) is 43.9. The average Bonchev–Trinajstić information content (AvgIpc) is 3.28. The highest BCUT2D eigenvalue weighted by molar-refractivity contribution is 5.72. The standard InChI is InChI=1S/C57H59N7/c1-54(2,3)43-26-17-38(18-27-43)49-59-48(60-50(61-49)39-19-28-44(29-20-39)55(4,5)6)37-15-13-36(14-16-37)47-34-25-42(35-58-47)53-63-51(40-21-30-45(31-22-40)56(7,8)9)62-52(64-53)41-23-32-46(33-24-41)57(10,11)12/h13-35H,1-12H3. The van der Waals surface area contributed by atoms with Crippen molar-refractivity contribution >= 4 is 0 Å². The summed E-state index contributed by atoms with van der Waals surface area (Å²) in [4.78, 5) is 35.0. The highest BCUT2D eigenvalue weighted by Gasteiger charge is 2.20. The molecule has 0 amide bonds. The molecule has 7 nitrogen and oxygen atoms in total. The zero-order valence-electron chi connectivity index (χ0n) is 39.4. The summed E-state index contributed by atoms with van der Waals surface area (Å²) in [6.45, 7) is 26.6. The third-order valence-corrected chi connectivity index (χ3v) is 11.8. The van der Waals surface area contributed by atoms with Gasteiger partial charge in [-0.2, -0.15) is 0 Å². The van der Waals surface area contributed by atoms with Crippen LogP contribution in [0.1, 0.15) is 105 Å². The molecule has 5 aromatic carbocycles. The Morgan fingerprint density at radius 1 is 0.234 bits per heavy atom. The van der Waals surface area contributed by atoms with Crippen LogP contribution < -0.4 is 0 Å². The highest BCUT2D eigenvalue weighted by atomic mass is 15.0. The van der Waals surface area contributed by atoms with Gasteiger partial charge in [0.1, 0.15) is 0 Å². The summed E-state index contributed by atoms with van der Waals surface area (Å²) < 4.78 is 0. The Bertz CT molecular complexity index is 2530.